The molecule has 10 heteroatoms. The van der Waals surface area contributed by atoms with Crippen LogP contribution >= 0.6 is 0 Å². The number of nitro groups is 1. The van der Waals surface area contributed by atoms with Gasteiger partial charge in [0, 0.05) is 23.2 Å². The molecule has 0 aliphatic rings. The maximum absolute atomic E-state index is 14.5. The number of hydrogen-bond donors (Lipinski definition) is 0. The van der Waals surface area contributed by atoms with E-state index >= 15 is 0 Å². The van der Waals surface area contributed by atoms with Crippen LogP contribution in [0.1, 0.15) is 18.1 Å². The Morgan fingerprint density at radius 3 is 2.38 bits per heavy atom. The minimum atomic E-state index is -1.21. The molecule has 4 rings (SSSR count). The normalized spacial score (nSPS) is 11.8. The number of pyridine rings is 1. The zero-order chi connectivity index (χ0) is 26.5. The second-order valence-electron chi connectivity index (χ2n) is 8.26. The predicted octanol–water partition coefficient (Wildman–Crippen LogP) is 6.51. The van der Waals surface area contributed by atoms with E-state index in [0.29, 0.717) is 53.3 Å². The number of benzene rings is 3. The fourth-order valence-electron chi connectivity index (χ4n) is 3.83. The smallest absolute Gasteiger partial charge is 0.275 e. The number of nitro benzene ring substituents is 1. The first-order valence-corrected chi connectivity index (χ1v) is 11.3. The molecule has 4 aromatic rings. The minimum absolute atomic E-state index is 0.0923. The highest BCUT2D eigenvalue weighted by Gasteiger charge is 2.23. The van der Waals surface area contributed by atoms with Gasteiger partial charge in [0.15, 0.2) is 28.9 Å². The molecule has 1 unspecified atom stereocenters. The van der Waals surface area contributed by atoms with Gasteiger partial charge >= 0.3 is 0 Å². The van der Waals surface area contributed by atoms with Gasteiger partial charge in [0.25, 0.3) is 5.69 Å². The van der Waals surface area contributed by atoms with Crippen LogP contribution in [0.2, 0.25) is 0 Å². The van der Waals surface area contributed by atoms with Gasteiger partial charge in [-0.05, 0) is 25.5 Å². The van der Waals surface area contributed by atoms with Crippen LogP contribution in [0.15, 0.2) is 60.8 Å². The number of methoxy groups -OCH3 is 1. The maximum atomic E-state index is 14.5. The maximum Gasteiger partial charge on any atom is 0.275 e. The highest BCUT2D eigenvalue weighted by Crippen LogP contribution is 2.42. The summed E-state index contributed by atoms with van der Waals surface area (Å²) in [5.41, 5.74) is 1.32. The number of non-ortho nitro benzene ring substituents is 1. The monoisotopic (exact) mass is 510 g/mol. The summed E-state index contributed by atoms with van der Waals surface area (Å²) in [6, 6.07) is 14.0. The molecule has 0 bridgehead atoms. The van der Waals surface area contributed by atoms with E-state index in [1.807, 2.05) is 37.3 Å². The van der Waals surface area contributed by atoms with E-state index in [4.69, 9.17) is 18.9 Å². The average molecular weight is 510 g/mol. The highest BCUT2D eigenvalue weighted by atomic mass is 19.1. The van der Waals surface area contributed by atoms with E-state index in [-0.39, 0.29) is 11.9 Å². The Bertz CT molecular complexity index is 1410. The van der Waals surface area contributed by atoms with Gasteiger partial charge in [-0.25, -0.2) is 8.78 Å². The summed E-state index contributed by atoms with van der Waals surface area (Å²) in [7, 11) is 1.49. The van der Waals surface area contributed by atoms with Crippen LogP contribution in [0, 0.1) is 28.7 Å². The van der Waals surface area contributed by atoms with Gasteiger partial charge in [-0.3, -0.25) is 15.1 Å². The quantitative estimate of drug-likeness (QED) is 0.177. The number of ether oxygens (including phenoxy) is 4. The third kappa shape index (κ3) is 5.75. The number of aryl methyl sites for hydroxylation is 1. The van der Waals surface area contributed by atoms with Crippen molar-refractivity contribution >= 4 is 16.6 Å². The molecule has 0 spiro atoms. The summed E-state index contributed by atoms with van der Waals surface area (Å²) in [4.78, 5) is 14.3. The topological polar surface area (TPSA) is 93.0 Å². The van der Waals surface area contributed by atoms with Crippen molar-refractivity contribution in [3.8, 4) is 23.0 Å². The van der Waals surface area contributed by atoms with Gasteiger partial charge < -0.3 is 18.9 Å². The Kier molecular flexibility index (Phi) is 7.78. The fraction of sp³-hybridized carbons (Fsp3) is 0.222. The molecule has 0 aliphatic carbocycles. The minimum Gasteiger partial charge on any atom is -0.493 e. The molecule has 3 aromatic carbocycles. The van der Waals surface area contributed by atoms with Crippen LogP contribution in [0.4, 0.5) is 14.5 Å². The van der Waals surface area contributed by atoms with Crippen LogP contribution in [0.3, 0.4) is 0 Å². The molecule has 37 heavy (non-hydrogen) atoms. The molecule has 0 fully saturated rings. The van der Waals surface area contributed by atoms with Crippen molar-refractivity contribution in [3.05, 3.63) is 93.7 Å². The van der Waals surface area contributed by atoms with Gasteiger partial charge in [-0.15, -0.1) is 0 Å². The van der Waals surface area contributed by atoms with Crippen LogP contribution in [-0.4, -0.2) is 29.7 Å². The van der Waals surface area contributed by atoms with Crippen molar-refractivity contribution in [2.24, 2.45) is 0 Å². The molecule has 0 aliphatic heterocycles. The number of fused-ring (bicyclic) bond motifs is 1. The van der Waals surface area contributed by atoms with Gasteiger partial charge in [0.05, 0.1) is 42.9 Å². The summed E-state index contributed by atoms with van der Waals surface area (Å²) in [5.74, 6) is -2.27. The Balaban J connectivity index is 1.63. The fourth-order valence-corrected chi connectivity index (χ4v) is 3.83. The molecule has 8 nitrogen and oxygen atoms in total. The number of aromatic nitrogens is 1. The molecule has 1 heterocycles. The van der Waals surface area contributed by atoms with Gasteiger partial charge in [-0.1, -0.05) is 30.3 Å². The lowest BCUT2D eigenvalue weighted by Crippen LogP contribution is -2.20. The van der Waals surface area contributed by atoms with E-state index in [9.17, 15) is 18.9 Å². The van der Waals surface area contributed by atoms with E-state index in [0.717, 1.165) is 5.56 Å². The van der Waals surface area contributed by atoms with Crippen LogP contribution in [0.5, 0.6) is 23.0 Å². The van der Waals surface area contributed by atoms with Gasteiger partial charge in [0.2, 0.25) is 0 Å². The standard InChI is InChI=1S/C27H24F2N2O6/c1-16(14-35-15-18-7-5-4-6-8-18)36-26-17(2)25-22(13-24(26)34-3)30-10-9-23(25)37-27-20(28)11-19(31(32)33)12-21(27)29/h4-13,16H,14-15H2,1-3H3. The Morgan fingerprint density at radius 1 is 1.03 bits per heavy atom. The number of rotatable bonds is 10. The van der Waals surface area contributed by atoms with Crippen molar-refractivity contribution in [1.82, 2.24) is 4.98 Å². The first-order valence-electron chi connectivity index (χ1n) is 11.3. The Labute approximate surface area is 211 Å². The second-order valence-corrected chi connectivity index (χ2v) is 8.26. The zero-order valence-electron chi connectivity index (χ0n) is 20.4. The molecule has 0 radical (unpaired) electrons. The molecule has 0 saturated carbocycles. The zero-order valence-corrected chi connectivity index (χ0v) is 20.4. The van der Waals surface area contributed by atoms with E-state index in [1.165, 1.54) is 19.4 Å². The first-order chi connectivity index (χ1) is 17.8. The van der Waals surface area contributed by atoms with Crippen molar-refractivity contribution < 1.29 is 32.7 Å². The Morgan fingerprint density at radius 2 is 1.73 bits per heavy atom. The predicted molar refractivity (Wildman–Crippen MR) is 132 cm³/mol. The SMILES string of the molecule is COc1cc2nccc(Oc3c(F)cc([N+](=O)[O-])cc3F)c2c(C)c1OC(C)COCc1ccccc1. The van der Waals surface area contributed by atoms with Crippen LogP contribution in [0.25, 0.3) is 10.9 Å². The molecule has 0 N–H and O–H groups in total. The number of nitrogens with zero attached hydrogens (tertiary/aromatic N) is 2. The molecule has 192 valence electrons. The molecule has 1 aromatic heterocycles. The highest BCUT2D eigenvalue weighted by molar-refractivity contribution is 5.92. The summed E-state index contributed by atoms with van der Waals surface area (Å²) in [6.45, 7) is 4.31. The van der Waals surface area contributed by atoms with E-state index in [1.54, 1.807) is 13.0 Å². The largest absolute Gasteiger partial charge is 0.493 e. The number of halogens is 2. The average Bonchev–Trinajstić information content (AvgIpc) is 2.88. The van der Waals surface area contributed by atoms with Crippen LogP contribution in [-0.2, 0) is 11.3 Å². The van der Waals surface area contributed by atoms with Crippen LogP contribution < -0.4 is 14.2 Å². The summed E-state index contributed by atoms with van der Waals surface area (Å²) in [5, 5.41) is 11.3. The molecular formula is C27H24F2N2O6. The lowest BCUT2D eigenvalue weighted by atomic mass is 10.1. The van der Waals surface area contributed by atoms with Crippen molar-refractivity contribution in [3.63, 3.8) is 0 Å². The lowest BCUT2D eigenvalue weighted by molar-refractivity contribution is -0.385. The number of hydrogen-bond acceptors (Lipinski definition) is 7. The third-order valence-electron chi connectivity index (χ3n) is 5.56. The second kappa shape index (κ2) is 11.2. The van der Waals surface area contributed by atoms with Crippen molar-refractivity contribution in [2.75, 3.05) is 13.7 Å². The lowest BCUT2D eigenvalue weighted by Gasteiger charge is -2.21. The molecule has 0 saturated heterocycles. The summed E-state index contributed by atoms with van der Waals surface area (Å²) < 4.78 is 52.1. The van der Waals surface area contributed by atoms with Crippen molar-refractivity contribution in [2.45, 2.75) is 26.6 Å². The van der Waals surface area contributed by atoms with E-state index in [2.05, 4.69) is 4.98 Å². The molecule has 1 atom stereocenters. The van der Waals surface area contributed by atoms with Crippen molar-refractivity contribution in [1.29, 1.82) is 0 Å². The van der Waals surface area contributed by atoms with E-state index < -0.39 is 28.0 Å². The molecule has 0 amide bonds. The first kappa shape index (κ1) is 25.8. The van der Waals surface area contributed by atoms with Gasteiger partial charge in [0.1, 0.15) is 11.9 Å². The third-order valence-corrected chi connectivity index (χ3v) is 5.56. The summed E-state index contributed by atoms with van der Waals surface area (Å²) >= 11 is 0. The Hall–Kier alpha value is -4.31. The molecular weight excluding hydrogens is 486 g/mol. The van der Waals surface area contributed by atoms with Gasteiger partial charge in [-0.2, -0.15) is 0 Å². The summed E-state index contributed by atoms with van der Waals surface area (Å²) in [6.07, 6.45) is 1.05.